The van der Waals surface area contributed by atoms with Crippen molar-refractivity contribution < 1.29 is 14.3 Å². The molecule has 1 heterocycles. The van der Waals surface area contributed by atoms with Crippen molar-refractivity contribution >= 4 is 5.97 Å². The van der Waals surface area contributed by atoms with Crippen molar-refractivity contribution in [3.8, 4) is 6.01 Å². The number of hydrogen-bond acceptors (Lipinski definition) is 5. The maximum atomic E-state index is 11.1. The van der Waals surface area contributed by atoms with Gasteiger partial charge in [0, 0.05) is 6.20 Å². The number of carbonyl (C=O) groups is 1. The van der Waals surface area contributed by atoms with Gasteiger partial charge in [-0.15, -0.1) is 0 Å². The van der Waals surface area contributed by atoms with E-state index in [-0.39, 0.29) is 17.8 Å². The van der Waals surface area contributed by atoms with Gasteiger partial charge in [-0.05, 0) is 19.9 Å². The molecular weight excluding hydrogens is 184 g/mol. The van der Waals surface area contributed by atoms with Crippen molar-refractivity contribution in [2.75, 3.05) is 7.11 Å². The maximum Gasteiger partial charge on any atom is 0.356 e. The molecule has 76 valence electrons. The summed E-state index contributed by atoms with van der Waals surface area (Å²) in [7, 11) is 1.30. The first-order chi connectivity index (χ1) is 6.63. The molecule has 0 aliphatic heterocycles. The van der Waals surface area contributed by atoms with E-state index in [9.17, 15) is 4.79 Å². The third-order valence-electron chi connectivity index (χ3n) is 1.37. The first-order valence-corrected chi connectivity index (χ1v) is 4.21. The Bertz CT molecular complexity index is 326. The first kappa shape index (κ1) is 10.4. The zero-order valence-electron chi connectivity index (χ0n) is 8.35. The van der Waals surface area contributed by atoms with Gasteiger partial charge in [0.1, 0.15) is 0 Å². The van der Waals surface area contributed by atoms with Crippen LogP contribution in [0.5, 0.6) is 6.01 Å². The van der Waals surface area contributed by atoms with Gasteiger partial charge >= 0.3 is 12.0 Å². The van der Waals surface area contributed by atoms with Crippen LogP contribution in [0.1, 0.15) is 24.3 Å². The largest absolute Gasteiger partial charge is 0.464 e. The lowest BCUT2D eigenvalue weighted by Crippen LogP contribution is -2.11. The van der Waals surface area contributed by atoms with Crippen molar-refractivity contribution in [3.63, 3.8) is 0 Å². The van der Waals surface area contributed by atoms with Gasteiger partial charge in [0.15, 0.2) is 5.69 Å². The van der Waals surface area contributed by atoms with Gasteiger partial charge in [0.05, 0.1) is 13.2 Å². The summed E-state index contributed by atoms with van der Waals surface area (Å²) in [5.74, 6) is -0.499. The summed E-state index contributed by atoms with van der Waals surface area (Å²) in [6.45, 7) is 3.71. The molecule has 0 aliphatic rings. The Morgan fingerprint density at radius 3 is 2.79 bits per heavy atom. The third-order valence-corrected chi connectivity index (χ3v) is 1.37. The lowest BCUT2D eigenvalue weighted by molar-refractivity contribution is 0.0591. The van der Waals surface area contributed by atoms with E-state index in [0.717, 1.165) is 0 Å². The number of aromatic nitrogens is 2. The zero-order valence-corrected chi connectivity index (χ0v) is 8.35. The van der Waals surface area contributed by atoms with Crippen LogP contribution in [0.15, 0.2) is 12.3 Å². The van der Waals surface area contributed by atoms with E-state index >= 15 is 0 Å². The molecule has 0 radical (unpaired) electrons. The topological polar surface area (TPSA) is 61.3 Å². The molecule has 0 aliphatic carbocycles. The quantitative estimate of drug-likeness (QED) is 0.676. The lowest BCUT2D eigenvalue weighted by Gasteiger charge is -2.07. The Labute approximate surface area is 82.1 Å². The van der Waals surface area contributed by atoms with Crippen molar-refractivity contribution in [2.24, 2.45) is 0 Å². The Kier molecular flexibility index (Phi) is 3.39. The van der Waals surface area contributed by atoms with Crippen LogP contribution in [0, 0.1) is 0 Å². The molecular formula is C9H12N2O3. The van der Waals surface area contributed by atoms with Crippen LogP contribution >= 0.6 is 0 Å². The number of esters is 1. The van der Waals surface area contributed by atoms with E-state index in [1.165, 1.54) is 19.4 Å². The number of carbonyl (C=O) groups excluding carboxylic acids is 1. The van der Waals surface area contributed by atoms with Gasteiger partial charge in [-0.3, -0.25) is 0 Å². The molecule has 1 aromatic heterocycles. The summed E-state index contributed by atoms with van der Waals surface area (Å²) >= 11 is 0. The summed E-state index contributed by atoms with van der Waals surface area (Å²) in [5.41, 5.74) is 0.193. The standard InChI is InChI=1S/C9H12N2O3/c1-6(2)14-9-10-5-4-7(11-9)8(12)13-3/h4-6H,1-3H3. The second-order valence-electron chi connectivity index (χ2n) is 2.88. The van der Waals surface area contributed by atoms with Crippen molar-refractivity contribution in [1.29, 1.82) is 0 Å². The predicted molar refractivity (Wildman–Crippen MR) is 49.1 cm³/mol. The van der Waals surface area contributed by atoms with Gasteiger partial charge < -0.3 is 9.47 Å². The predicted octanol–water partition coefficient (Wildman–Crippen LogP) is 1.05. The highest BCUT2D eigenvalue weighted by atomic mass is 16.5. The van der Waals surface area contributed by atoms with Gasteiger partial charge in [0.25, 0.3) is 0 Å². The minimum absolute atomic E-state index is 0.0251. The molecule has 0 bridgehead atoms. The molecule has 0 unspecified atom stereocenters. The number of methoxy groups -OCH3 is 1. The molecule has 14 heavy (non-hydrogen) atoms. The highest BCUT2D eigenvalue weighted by molar-refractivity contribution is 5.86. The van der Waals surface area contributed by atoms with Crippen LogP contribution < -0.4 is 4.74 Å². The van der Waals surface area contributed by atoms with Crippen molar-refractivity contribution in [3.05, 3.63) is 18.0 Å². The van der Waals surface area contributed by atoms with E-state index in [1.807, 2.05) is 13.8 Å². The Balaban J connectivity index is 2.84. The minimum Gasteiger partial charge on any atom is -0.464 e. The minimum atomic E-state index is -0.499. The molecule has 1 rings (SSSR count). The number of nitrogens with zero attached hydrogens (tertiary/aromatic N) is 2. The van der Waals surface area contributed by atoms with Crippen molar-refractivity contribution in [1.82, 2.24) is 9.97 Å². The normalized spacial score (nSPS) is 10.0. The maximum absolute atomic E-state index is 11.1. The average molecular weight is 196 g/mol. The van der Waals surface area contributed by atoms with E-state index < -0.39 is 5.97 Å². The zero-order chi connectivity index (χ0) is 10.6. The van der Waals surface area contributed by atoms with Crippen LogP contribution in [0.2, 0.25) is 0 Å². The summed E-state index contributed by atoms with van der Waals surface area (Å²) in [5, 5.41) is 0. The molecule has 1 aromatic rings. The molecule has 0 saturated carbocycles. The molecule has 0 aromatic carbocycles. The van der Waals surface area contributed by atoms with Gasteiger partial charge in [-0.25, -0.2) is 9.78 Å². The highest BCUT2D eigenvalue weighted by Crippen LogP contribution is 2.05. The number of hydrogen-bond donors (Lipinski definition) is 0. The Morgan fingerprint density at radius 2 is 2.21 bits per heavy atom. The fourth-order valence-corrected chi connectivity index (χ4v) is 0.827. The summed E-state index contributed by atoms with van der Waals surface area (Å²) in [6, 6.07) is 1.65. The summed E-state index contributed by atoms with van der Waals surface area (Å²) < 4.78 is 9.73. The van der Waals surface area contributed by atoms with Crippen LogP contribution in [-0.4, -0.2) is 29.2 Å². The second-order valence-corrected chi connectivity index (χ2v) is 2.88. The van der Waals surface area contributed by atoms with Crippen LogP contribution in [-0.2, 0) is 4.74 Å². The molecule has 0 N–H and O–H groups in total. The van der Waals surface area contributed by atoms with Gasteiger partial charge in [-0.1, -0.05) is 0 Å². The second kappa shape index (κ2) is 4.55. The molecule has 0 spiro atoms. The molecule has 5 heteroatoms. The molecule has 0 amide bonds. The van der Waals surface area contributed by atoms with Crippen molar-refractivity contribution in [2.45, 2.75) is 20.0 Å². The van der Waals surface area contributed by atoms with Gasteiger partial charge in [-0.2, -0.15) is 4.98 Å². The third kappa shape index (κ3) is 2.69. The lowest BCUT2D eigenvalue weighted by atomic mass is 10.4. The first-order valence-electron chi connectivity index (χ1n) is 4.21. The monoisotopic (exact) mass is 196 g/mol. The number of ether oxygens (including phenoxy) is 2. The fraction of sp³-hybridized carbons (Fsp3) is 0.444. The molecule has 0 atom stereocenters. The highest BCUT2D eigenvalue weighted by Gasteiger charge is 2.09. The average Bonchev–Trinajstić information content (AvgIpc) is 2.16. The van der Waals surface area contributed by atoms with Crippen LogP contribution in [0.3, 0.4) is 0 Å². The van der Waals surface area contributed by atoms with E-state index in [0.29, 0.717) is 0 Å². The fourth-order valence-electron chi connectivity index (χ4n) is 0.827. The SMILES string of the molecule is COC(=O)c1ccnc(OC(C)C)n1. The van der Waals surface area contributed by atoms with E-state index in [1.54, 1.807) is 0 Å². The summed E-state index contributed by atoms with van der Waals surface area (Å²) in [4.78, 5) is 18.8. The molecule has 5 nitrogen and oxygen atoms in total. The van der Waals surface area contributed by atoms with Crippen LogP contribution in [0.25, 0.3) is 0 Å². The Morgan fingerprint density at radius 1 is 1.50 bits per heavy atom. The van der Waals surface area contributed by atoms with E-state index in [2.05, 4.69) is 14.7 Å². The molecule has 0 saturated heterocycles. The number of rotatable bonds is 3. The smallest absolute Gasteiger partial charge is 0.356 e. The van der Waals surface area contributed by atoms with E-state index in [4.69, 9.17) is 4.74 Å². The van der Waals surface area contributed by atoms with Gasteiger partial charge in [0.2, 0.25) is 0 Å². The Hall–Kier alpha value is -1.65. The molecule has 0 fully saturated rings. The van der Waals surface area contributed by atoms with Crippen LogP contribution in [0.4, 0.5) is 0 Å². The summed E-state index contributed by atoms with van der Waals surface area (Å²) in [6.07, 6.45) is 1.43.